The van der Waals surface area contributed by atoms with Crippen LogP contribution in [0.5, 0.6) is 0 Å². The van der Waals surface area contributed by atoms with Gasteiger partial charge in [-0.3, -0.25) is 34.5 Å². The number of carbonyl (C=O) groups is 4. The standard InChI is InChI=1S/C33H43N5O4S2.C25H38N4O3S.C8H5NOS/c1-22-10-12-25(13-11-22)29-34-31(40)33(36-29)15-17-38(18-16-33)44(41,42)19-14-28-23(2)20-27(21-24(28)3)37(4)32(43)35-30(39)26-8-6-5-7-9-26;1-17-5-7-20(8-6-17)23-27-24(30)25(28-23)10-12-29(13-11-25)33(31,32)14-9-22-18(2)15-21(26-4)16-19(22)3;10-8(9-6-11)7-4-2-1-3-5-7/h5-9,20-22,25H,10-19H2,1-4H3,(H,34,36,40)(H,35,39,43);15-17,20,26H,5-14H2,1-4H3,(H,27,28,30);1-5H. The van der Waals surface area contributed by atoms with Crippen molar-refractivity contribution < 1.29 is 36.0 Å². The molecule has 0 aromatic heterocycles. The molecule has 22 heteroatoms. The molecule has 472 valence electrons. The van der Waals surface area contributed by atoms with Crippen molar-refractivity contribution in [2.45, 2.75) is 143 Å². The highest BCUT2D eigenvalue weighted by Gasteiger charge is 2.50. The number of anilines is 2. The van der Waals surface area contributed by atoms with Crippen LogP contribution in [0.2, 0.25) is 0 Å². The van der Waals surface area contributed by atoms with Crippen LogP contribution in [-0.4, -0.2) is 134 Å². The van der Waals surface area contributed by atoms with E-state index in [-0.39, 0.29) is 40.2 Å². The number of piperidine rings is 2. The zero-order valence-electron chi connectivity index (χ0n) is 52.1. The summed E-state index contributed by atoms with van der Waals surface area (Å²) < 4.78 is 56.1. The van der Waals surface area contributed by atoms with E-state index in [1.54, 1.807) is 64.8 Å². The summed E-state index contributed by atoms with van der Waals surface area (Å²) >= 11 is 9.78. The summed E-state index contributed by atoms with van der Waals surface area (Å²) in [4.78, 5) is 64.2. The molecule has 4 N–H and O–H groups in total. The molecule has 0 bridgehead atoms. The lowest BCUT2D eigenvalue weighted by Crippen LogP contribution is -2.51. The second-order valence-corrected chi connectivity index (χ2v) is 29.5. The first-order valence-corrected chi connectivity index (χ1v) is 34.9. The number of thiocarbonyl (C=S) groups is 2. The Labute approximate surface area is 531 Å². The van der Waals surface area contributed by atoms with Crippen LogP contribution in [0.15, 0.2) is 99.9 Å². The third-order valence-corrected chi connectivity index (χ3v) is 22.9. The molecule has 6 aliphatic rings. The van der Waals surface area contributed by atoms with Gasteiger partial charge < -0.3 is 20.9 Å². The Bertz CT molecular complexity index is 3510. The van der Waals surface area contributed by atoms with E-state index in [4.69, 9.17) is 22.2 Å². The fraction of sp³-hybridized carbons (Fsp3) is 0.515. The highest BCUT2D eigenvalue weighted by Crippen LogP contribution is 2.38. The van der Waals surface area contributed by atoms with Gasteiger partial charge in [0.2, 0.25) is 20.0 Å². The Morgan fingerprint density at radius 2 is 1.03 bits per heavy atom. The maximum Gasteiger partial charge on any atom is 0.285 e. The Kier molecular flexibility index (Phi) is 22.6. The van der Waals surface area contributed by atoms with E-state index in [1.807, 2.05) is 64.2 Å². The summed E-state index contributed by atoms with van der Waals surface area (Å²) in [5, 5.41) is 14.3. The van der Waals surface area contributed by atoms with Gasteiger partial charge in [0.15, 0.2) is 5.11 Å². The van der Waals surface area contributed by atoms with Crippen LogP contribution >= 0.6 is 24.4 Å². The van der Waals surface area contributed by atoms with Gasteiger partial charge in [0, 0.05) is 74.6 Å². The molecule has 4 aliphatic heterocycles. The second-order valence-electron chi connectivity index (χ2n) is 24.8. The van der Waals surface area contributed by atoms with Crippen molar-refractivity contribution in [2.75, 3.05) is 62.0 Å². The molecule has 18 nitrogen and oxygen atoms in total. The molecule has 2 saturated heterocycles. The minimum absolute atomic E-state index is 0.0105. The van der Waals surface area contributed by atoms with Gasteiger partial charge in [0.25, 0.3) is 23.6 Å². The van der Waals surface area contributed by atoms with Gasteiger partial charge in [-0.05, 0) is 210 Å². The number of hydrogen-bond acceptors (Lipinski definition) is 13. The van der Waals surface area contributed by atoms with Crippen LogP contribution in [0.3, 0.4) is 0 Å². The molecule has 4 heterocycles. The Balaban J connectivity index is 0.000000199. The average Bonchev–Trinajstić information content (AvgIpc) is 1.89. The molecule has 4 aromatic rings. The topological polar surface area (TPSA) is 231 Å². The van der Waals surface area contributed by atoms with Crippen molar-refractivity contribution in [1.29, 1.82) is 0 Å². The lowest BCUT2D eigenvalue weighted by atomic mass is 9.82. The molecule has 0 atom stereocenters. The SMILES string of the molecule is CNc1cc(C)c(CCS(=O)(=O)N2CCC3(CC2)N=C(C2CCC(C)CC2)NC3=O)c(C)c1.Cc1cc(N(C)C(=S)NC(=O)c2ccccc2)cc(C)c1CCS(=O)(=O)N1CCC2(CC1)N=C(C1CCC(C)CC1)NC2=O.O=C(N=C=S)c1ccccc1. The number of aryl methyl sites for hydroxylation is 4. The number of sulfonamides is 2. The average molecular weight is 1280 g/mol. The smallest absolute Gasteiger partial charge is 0.285 e. The minimum Gasteiger partial charge on any atom is -0.388 e. The first-order valence-electron chi connectivity index (χ1n) is 30.8. The van der Waals surface area contributed by atoms with Crippen molar-refractivity contribution in [3.63, 3.8) is 0 Å². The van der Waals surface area contributed by atoms with Crippen molar-refractivity contribution in [2.24, 2.45) is 38.6 Å². The first kappa shape index (κ1) is 67.5. The van der Waals surface area contributed by atoms with E-state index in [0.29, 0.717) is 87.7 Å². The molecule has 88 heavy (non-hydrogen) atoms. The van der Waals surface area contributed by atoms with E-state index in [1.165, 1.54) is 17.1 Å². The first-order chi connectivity index (χ1) is 41.9. The third-order valence-electron chi connectivity index (χ3n) is 18.7. The van der Waals surface area contributed by atoms with Crippen molar-refractivity contribution >= 4 is 101 Å². The number of rotatable bonds is 14. The highest BCUT2D eigenvalue weighted by atomic mass is 32.2. The molecule has 2 aliphatic carbocycles. The molecule has 0 radical (unpaired) electrons. The van der Waals surface area contributed by atoms with Gasteiger partial charge in [-0.1, -0.05) is 75.9 Å². The summed E-state index contributed by atoms with van der Waals surface area (Å²) in [6.45, 7) is 13.8. The van der Waals surface area contributed by atoms with Crippen molar-refractivity contribution in [1.82, 2.24) is 24.6 Å². The van der Waals surface area contributed by atoms with E-state index >= 15 is 0 Å². The lowest BCUT2D eigenvalue weighted by molar-refractivity contribution is -0.125. The van der Waals surface area contributed by atoms with Crippen LogP contribution in [-0.2, 0) is 42.5 Å². The van der Waals surface area contributed by atoms with Gasteiger partial charge in [0.05, 0.1) is 16.7 Å². The number of amidine groups is 2. The summed E-state index contributed by atoms with van der Waals surface area (Å²) in [7, 11) is -3.24. The highest BCUT2D eigenvalue weighted by molar-refractivity contribution is 7.89. The van der Waals surface area contributed by atoms with E-state index in [0.717, 1.165) is 107 Å². The number of hydrogen-bond donors (Lipinski definition) is 4. The Hall–Kier alpha value is -6.39. The third kappa shape index (κ3) is 16.5. The lowest BCUT2D eigenvalue weighted by Gasteiger charge is -2.34. The van der Waals surface area contributed by atoms with Crippen LogP contribution in [0.4, 0.5) is 11.4 Å². The van der Waals surface area contributed by atoms with Crippen LogP contribution in [0, 0.1) is 51.4 Å². The molecule has 10 rings (SSSR count). The summed E-state index contributed by atoms with van der Waals surface area (Å²) in [6.07, 6.45) is 11.5. The predicted molar refractivity (Wildman–Crippen MR) is 358 cm³/mol. The number of nitrogens with one attached hydrogen (secondary N) is 4. The minimum atomic E-state index is -3.52. The number of amides is 4. The fourth-order valence-electron chi connectivity index (χ4n) is 12.9. The van der Waals surface area contributed by atoms with E-state index in [2.05, 4.69) is 64.5 Å². The molecular formula is C66H86N10O8S4. The molecule has 4 aromatic carbocycles. The zero-order chi connectivity index (χ0) is 63.6. The summed E-state index contributed by atoms with van der Waals surface area (Å²) in [5.41, 5.74) is 7.49. The van der Waals surface area contributed by atoms with Gasteiger partial charge >= 0.3 is 0 Å². The quantitative estimate of drug-likeness (QED) is 0.0683. The Morgan fingerprint density at radius 3 is 1.42 bits per heavy atom. The molecule has 4 amide bonds. The molecule has 0 unspecified atom stereocenters. The van der Waals surface area contributed by atoms with Crippen LogP contribution < -0.4 is 26.2 Å². The molecule has 2 saturated carbocycles. The second kappa shape index (κ2) is 29.5. The maximum atomic E-state index is 13.4. The summed E-state index contributed by atoms with van der Waals surface area (Å²) in [5.74, 6) is 3.11. The zero-order valence-corrected chi connectivity index (χ0v) is 55.4. The van der Waals surface area contributed by atoms with Gasteiger partial charge in [-0.15, -0.1) is 0 Å². The van der Waals surface area contributed by atoms with E-state index < -0.39 is 31.1 Å². The number of benzene rings is 4. The summed E-state index contributed by atoms with van der Waals surface area (Å²) in [6, 6.07) is 25.7. The maximum absolute atomic E-state index is 13.4. The monoisotopic (exact) mass is 1270 g/mol. The largest absolute Gasteiger partial charge is 0.388 e. The van der Waals surface area contributed by atoms with Gasteiger partial charge in [-0.2, -0.15) is 4.99 Å². The number of carbonyl (C=O) groups excluding carboxylic acids is 4. The molecular weight excluding hydrogens is 1190 g/mol. The fourth-order valence-corrected chi connectivity index (χ4v) is 16.1. The van der Waals surface area contributed by atoms with Gasteiger partial charge in [0.1, 0.15) is 22.7 Å². The van der Waals surface area contributed by atoms with Gasteiger partial charge in [-0.25, -0.2) is 25.4 Å². The molecule has 4 fully saturated rings. The predicted octanol–water partition coefficient (Wildman–Crippen LogP) is 9.85. The number of nitrogens with zero attached hydrogens (tertiary/aromatic N) is 6. The number of isothiocyanates is 1. The Morgan fingerprint density at radius 1 is 0.648 bits per heavy atom. The van der Waals surface area contributed by atoms with E-state index in [9.17, 15) is 36.0 Å². The van der Waals surface area contributed by atoms with Crippen molar-refractivity contribution in [3.05, 3.63) is 129 Å². The normalized spacial score (nSPS) is 21.6. The van der Waals surface area contributed by atoms with Crippen LogP contribution in [0.25, 0.3) is 0 Å². The molecule has 2 spiro atoms. The van der Waals surface area contributed by atoms with Crippen LogP contribution in [0.1, 0.15) is 145 Å². The van der Waals surface area contributed by atoms with Crippen molar-refractivity contribution in [3.8, 4) is 0 Å². The number of aliphatic imine (C=N–C) groups is 3.